The summed E-state index contributed by atoms with van der Waals surface area (Å²) in [5.41, 5.74) is 0. The summed E-state index contributed by atoms with van der Waals surface area (Å²) in [4.78, 5) is 21.8. The van der Waals surface area contributed by atoms with Crippen molar-refractivity contribution in [2.45, 2.75) is 51.0 Å². The lowest BCUT2D eigenvalue weighted by Gasteiger charge is -2.38. The van der Waals surface area contributed by atoms with Gasteiger partial charge in [-0.2, -0.15) is 13.2 Å². The molecule has 4 unspecified atom stereocenters. The lowest BCUT2D eigenvalue weighted by Crippen LogP contribution is -2.58. The molecule has 0 spiro atoms. The van der Waals surface area contributed by atoms with E-state index in [0.717, 1.165) is 6.92 Å². The Bertz CT molecular complexity index is 360. The lowest BCUT2D eigenvalue weighted by atomic mass is 9.99. The van der Waals surface area contributed by atoms with Gasteiger partial charge in [-0.3, -0.25) is 9.59 Å². The SMILES string of the molecule is CC(=O)OC1C(NC(=O)C(F)(F)F)CC(O)OC1C. The van der Waals surface area contributed by atoms with Crippen LogP contribution in [0.2, 0.25) is 0 Å². The predicted octanol–water partition coefficient (Wildman–Crippen LogP) is 0.0924. The minimum Gasteiger partial charge on any atom is -0.458 e. The molecule has 110 valence electrons. The molecule has 0 aromatic heterocycles. The van der Waals surface area contributed by atoms with Crippen LogP contribution in [-0.2, 0) is 19.1 Å². The second-order valence-corrected chi connectivity index (χ2v) is 4.18. The summed E-state index contributed by atoms with van der Waals surface area (Å²) in [7, 11) is 0. The normalized spacial score (nSPS) is 31.7. The summed E-state index contributed by atoms with van der Waals surface area (Å²) >= 11 is 0. The van der Waals surface area contributed by atoms with E-state index in [9.17, 15) is 27.9 Å². The molecule has 0 aromatic rings. The Labute approximate surface area is 106 Å². The highest BCUT2D eigenvalue weighted by atomic mass is 19.4. The topological polar surface area (TPSA) is 84.9 Å². The minimum absolute atomic E-state index is 0.301. The number of nitrogens with one attached hydrogen (secondary N) is 1. The van der Waals surface area contributed by atoms with Crippen LogP contribution in [-0.4, -0.2) is 47.7 Å². The van der Waals surface area contributed by atoms with Crippen LogP contribution < -0.4 is 5.32 Å². The predicted molar refractivity (Wildman–Crippen MR) is 54.7 cm³/mol. The fourth-order valence-electron chi connectivity index (χ4n) is 1.82. The van der Waals surface area contributed by atoms with Gasteiger partial charge in [0, 0.05) is 13.3 Å². The Morgan fingerprint density at radius 1 is 1.42 bits per heavy atom. The number of esters is 1. The third-order valence-corrected chi connectivity index (χ3v) is 2.56. The highest BCUT2D eigenvalue weighted by Crippen LogP contribution is 2.23. The van der Waals surface area contributed by atoms with Gasteiger partial charge in [-0.1, -0.05) is 0 Å². The van der Waals surface area contributed by atoms with E-state index in [1.807, 2.05) is 0 Å². The van der Waals surface area contributed by atoms with Crippen molar-refractivity contribution in [2.24, 2.45) is 0 Å². The zero-order valence-corrected chi connectivity index (χ0v) is 10.2. The van der Waals surface area contributed by atoms with Gasteiger partial charge in [-0.15, -0.1) is 0 Å². The molecule has 1 saturated heterocycles. The molecule has 0 aliphatic carbocycles. The lowest BCUT2D eigenvalue weighted by molar-refractivity contribution is -0.217. The fourth-order valence-corrected chi connectivity index (χ4v) is 1.82. The molecule has 19 heavy (non-hydrogen) atoms. The van der Waals surface area contributed by atoms with Crippen LogP contribution in [0.3, 0.4) is 0 Å². The van der Waals surface area contributed by atoms with E-state index in [-0.39, 0.29) is 6.42 Å². The van der Waals surface area contributed by atoms with Gasteiger partial charge in [-0.25, -0.2) is 0 Å². The summed E-state index contributed by atoms with van der Waals surface area (Å²) in [6, 6.07) is -1.17. The van der Waals surface area contributed by atoms with Crippen LogP contribution in [0.25, 0.3) is 0 Å². The molecule has 4 atom stereocenters. The van der Waals surface area contributed by atoms with Crippen LogP contribution in [0.1, 0.15) is 20.3 Å². The molecular formula is C10H14F3NO5. The number of hydrogen-bond donors (Lipinski definition) is 2. The number of carbonyl (C=O) groups excluding carboxylic acids is 2. The first-order valence-electron chi connectivity index (χ1n) is 5.49. The van der Waals surface area contributed by atoms with Crippen LogP contribution in [0.5, 0.6) is 0 Å². The van der Waals surface area contributed by atoms with Gasteiger partial charge in [-0.05, 0) is 6.92 Å². The molecule has 1 rings (SSSR count). The van der Waals surface area contributed by atoms with Gasteiger partial charge >= 0.3 is 18.1 Å². The third kappa shape index (κ3) is 4.35. The summed E-state index contributed by atoms with van der Waals surface area (Å²) in [6.07, 6.45) is -8.61. The second-order valence-electron chi connectivity index (χ2n) is 4.18. The number of rotatable bonds is 2. The van der Waals surface area contributed by atoms with Crippen molar-refractivity contribution in [3.63, 3.8) is 0 Å². The number of carbonyl (C=O) groups is 2. The number of aliphatic hydroxyl groups is 1. The van der Waals surface area contributed by atoms with Crippen LogP contribution >= 0.6 is 0 Å². The number of hydrogen-bond acceptors (Lipinski definition) is 5. The molecule has 0 aromatic carbocycles. The molecule has 1 heterocycles. The highest BCUT2D eigenvalue weighted by Gasteiger charge is 2.45. The number of halogens is 3. The smallest absolute Gasteiger partial charge is 0.458 e. The van der Waals surface area contributed by atoms with Crippen molar-refractivity contribution in [1.29, 1.82) is 0 Å². The van der Waals surface area contributed by atoms with Gasteiger partial charge in [0.1, 0.15) is 6.10 Å². The Balaban J connectivity index is 2.79. The van der Waals surface area contributed by atoms with E-state index in [2.05, 4.69) is 0 Å². The molecule has 6 nitrogen and oxygen atoms in total. The average Bonchev–Trinajstić information content (AvgIpc) is 2.21. The standard InChI is InChI=1S/C10H14F3NO5/c1-4-8(19-5(2)15)6(3-7(16)18-4)14-9(17)10(11,12)13/h4,6-8,16H,3H2,1-2H3,(H,14,17). The van der Waals surface area contributed by atoms with Crippen LogP contribution in [0.15, 0.2) is 0 Å². The second kappa shape index (κ2) is 5.74. The molecule has 2 N–H and O–H groups in total. The van der Waals surface area contributed by atoms with E-state index in [0.29, 0.717) is 0 Å². The molecule has 0 radical (unpaired) electrons. The molecule has 1 amide bonds. The Morgan fingerprint density at radius 2 is 2.00 bits per heavy atom. The van der Waals surface area contributed by atoms with Crippen molar-refractivity contribution in [3.05, 3.63) is 0 Å². The maximum Gasteiger partial charge on any atom is 0.471 e. The first-order chi connectivity index (χ1) is 8.61. The van der Waals surface area contributed by atoms with Crippen LogP contribution in [0, 0.1) is 0 Å². The zero-order valence-electron chi connectivity index (χ0n) is 10.2. The quantitative estimate of drug-likeness (QED) is 0.703. The molecule has 1 fully saturated rings. The minimum atomic E-state index is -5.05. The monoisotopic (exact) mass is 285 g/mol. The maximum atomic E-state index is 12.2. The number of ether oxygens (including phenoxy) is 2. The molecule has 0 bridgehead atoms. The third-order valence-electron chi connectivity index (χ3n) is 2.56. The van der Waals surface area contributed by atoms with E-state index in [1.54, 1.807) is 5.32 Å². The van der Waals surface area contributed by atoms with E-state index in [4.69, 9.17) is 9.47 Å². The fraction of sp³-hybridized carbons (Fsp3) is 0.800. The summed E-state index contributed by atoms with van der Waals surface area (Å²) in [6.45, 7) is 2.50. The number of amides is 1. The maximum absolute atomic E-state index is 12.2. The summed E-state index contributed by atoms with van der Waals surface area (Å²) in [5, 5.41) is 11.0. The van der Waals surface area contributed by atoms with E-state index in [1.165, 1.54) is 6.92 Å². The van der Waals surface area contributed by atoms with Crippen molar-refractivity contribution in [3.8, 4) is 0 Å². The Morgan fingerprint density at radius 3 is 2.47 bits per heavy atom. The summed E-state index contributed by atoms with van der Waals surface area (Å²) < 4.78 is 46.3. The van der Waals surface area contributed by atoms with E-state index >= 15 is 0 Å². The van der Waals surface area contributed by atoms with Gasteiger partial charge in [0.25, 0.3) is 0 Å². The van der Waals surface area contributed by atoms with Crippen molar-refractivity contribution >= 4 is 11.9 Å². The Kier molecular flexibility index (Phi) is 4.75. The molecule has 1 aliphatic heterocycles. The zero-order chi connectivity index (χ0) is 14.8. The van der Waals surface area contributed by atoms with Crippen molar-refractivity contribution in [1.82, 2.24) is 5.32 Å². The van der Waals surface area contributed by atoms with Gasteiger partial charge < -0.3 is 19.9 Å². The summed E-state index contributed by atoms with van der Waals surface area (Å²) in [5.74, 6) is -2.88. The first kappa shape index (κ1) is 15.7. The van der Waals surface area contributed by atoms with Gasteiger partial charge in [0.2, 0.25) is 0 Å². The number of aliphatic hydroxyl groups excluding tert-OH is 1. The molecule has 1 aliphatic rings. The van der Waals surface area contributed by atoms with Crippen LogP contribution in [0.4, 0.5) is 13.2 Å². The average molecular weight is 285 g/mol. The largest absolute Gasteiger partial charge is 0.471 e. The molecule has 9 heteroatoms. The number of alkyl halides is 3. The first-order valence-corrected chi connectivity index (χ1v) is 5.49. The van der Waals surface area contributed by atoms with Gasteiger partial charge in [0.05, 0.1) is 12.1 Å². The molecular weight excluding hydrogens is 271 g/mol. The Hall–Kier alpha value is -1.35. The molecule has 0 saturated carbocycles. The van der Waals surface area contributed by atoms with Crippen molar-refractivity contribution < 1.29 is 37.3 Å². The highest BCUT2D eigenvalue weighted by molar-refractivity contribution is 5.82. The van der Waals surface area contributed by atoms with Gasteiger partial charge in [0.15, 0.2) is 6.29 Å². The van der Waals surface area contributed by atoms with Crippen molar-refractivity contribution in [2.75, 3.05) is 0 Å². The van der Waals surface area contributed by atoms with E-state index < -0.39 is 42.6 Å².